The number of hydrogen-bond acceptors (Lipinski definition) is 8. The van der Waals surface area contributed by atoms with E-state index in [2.05, 4.69) is 21.7 Å². The summed E-state index contributed by atoms with van der Waals surface area (Å²) in [6.45, 7) is 3.58. The molecule has 0 saturated carbocycles. The molecule has 8 nitrogen and oxygen atoms in total. The van der Waals surface area contributed by atoms with Crippen molar-refractivity contribution in [1.82, 2.24) is 10.6 Å². The lowest BCUT2D eigenvalue weighted by molar-refractivity contribution is -0.141. The maximum atomic E-state index is 13.0. The van der Waals surface area contributed by atoms with Crippen LogP contribution in [0.25, 0.3) is 9.40 Å². The fourth-order valence-corrected chi connectivity index (χ4v) is 7.80. The van der Waals surface area contributed by atoms with Gasteiger partial charge in [0.15, 0.2) is 5.78 Å². The van der Waals surface area contributed by atoms with Crippen LogP contribution in [0.15, 0.2) is 41.4 Å². The maximum Gasteiger partial charge on any atom is 0.326 e. The van der Waals surface area contributed by atoms with Gasteiger partial charge in [-0.15, -0.1) is 22.7 Å². The van der Waals surface area contributed by atoms with Gasteiger partial charge >= 0.3 is 5.97 Å². The van der Waals surface area contributed by atoms with E-state index < -0.39 is 23.8 Å². The van der Waals surface area contributed by atoms with Crippen molar-refractivity contribution in [3.05, 3.63) is 51.7 Å². The molecule has 1 fully saturated rings. The summed E-state index contributed by atoms with van der Waals surface area (Å²) in [5, 5.41) is 16.7. The van der Waals surface area contributed by atoms with Gasteiger partial charge in [-0.1, -0.05) is 18.2 Å². The molecule has 3 N–H and O–H groups in total. The van der Waals surface area contributed by atoms with E-state index in [9.17, 15) is 24.3 Å². The van der Waals surface area contributed by atoms with Gasteiger partial charge in [0.1, 0.15) is 17.5 Å². The number of benzene rings is 1. The molecule has 4 heterocycles. The first-order valence-electron chi connectivity index (χ1n) is 13.3. The third kappa shape index (κ3) is 6.18. The number of nitrogens with one attached hydrogen (secondary N) is 2. The first-order valence-corrected chi connectivity index (χ1v) is 14.9. The zero-order chi connectivity index (χ0) is 27.5. The van der Waals surface area contributed by atoms with E-state index in [0.717, 1.165) is 34.8 Å². The van der Waals surface area contributed by atoms with E-state index in [1.807, 2.05) is 6.07 Å². The topological polar surface area (TPSA) is 125 Å². The zero-order valence-electron chi connectivity index (χ0n) is 21.7. The molecule has 39 heavy (non-hydrogen) atoms. The van der Waals surface area contributed by atoms with Crippen molar-refractivity contribution in [1.29, 1.82) is 0 Å². The monoisotopic (exact) mass is 565 g/mol. The highest BCUT2D eigenvalue weighted by molar-refractivity contribution is 7.39. The first-order chi connectivity index (χ1) is 18.8. The van der Waals surface area contributed by atoms with E-state index in [1.54, 1.807) is 35.6 Å². The number of carbonyl (C=O) groups excluding carboxylic acids is 3. The van der Waals surface area contributed by atoms with Crippen LogP contribution in [-0.2, 0) is 20.8 Å². The molecule has 2 atom stereocenters. The number of carbonyl (C=O) groups is 4. The molecule has 0 radical (unpaired) electrons. The van der Waals surface area contributed by atoms with Crippen LogP contribution in [0.4, 0.5) is 5.69 Å². The molecule has 2 aliphatic heterocycles. The number of rotatable bonds is 11. The lowest BCUT2D eigenvalue weighted by atomic mass is 9.91. The van der Waals surface area contributed by atoms with Crippen molar-refractivity contribution < 1.29 is 24.3 Å². The van der Waals surface area contributed by atoms with Crippen LogP contribution in [-0.4, -0.2) is 53.4 Å². The Hall–Kier alpha value is -3.21. The summed E-state index contributed by atoms with van der Waals surface area (Å²) >= 11 is 3.18. The van der Waals surface area contributed by atoms with Gasteiger partial charge in [0.2, 0.25) is 0 Å². The number of ketones is 2. The standard InChI is InChI=1S/C29H31N3O5S2/c1-16(33)25-20-4-2-3-5-21(20)31-26(25)27(35)32-22(28(36)37)8-9-23(34)24-15-18-14-19(38-29(18)39-24)7-6-17-10-12-30-13-11-17/h2-5,14-15,17,22,25,30H,6-13H2,1H3,(H,32,35)(H,36,37). The molecule has 2 unspecified atom stereocenters. The highest BCUT2D eigenvalue weighted by atomic mass is 32.2. The molecule has 10 heteroatoms. The molecule has 1 amide bonds. The van der Waals surface area contributed by atoms with Crippen molar-refractivity contribution in [3.8, 4) is 0 Å². The molecule has 0 aliphatic carbocycles. The molecule has 0 spiro atoms. The molecule has 204 valence electrons. The Kier molecular flexibility index (Phi) is 8.34. The number of aliphatic imine (C=N–C) groups is 1. The van der Waals surface area contributed by atoms with Crippen LogP contribution in [0, 0.1) is 5.92 Å². The number of carboxylic acids is 1. The minimum Gasteiger partial charge on any atom is -0.480 e. The normalized spacial score (nSPS) is 18.0. The van der Waals surface area contributed by atoms with Gasteiger partial charge in [-0.25, -0.2) is 9.79 Å². The third-order valence-electron chi connectivity index (χ3n) is 7.46. The highest BCUT2D eigenvalue weighted by Crippen LogP contribution is 2.37. The minimum absolute atomic E-state index is 0.0174. The fourth-order valence-electron chi connectivity index (χ4n) is 5.32. The average Bonchev–Trinajstić information content (AvgIpc) is 3.61. The van der Waals surface area contributed by atoms with Gasteiger partial charge in [-0.05, 0) is 81.8 Å². The van der Waals surface area contributed by atoms with Gasteiger partial charge in [-0.3, -0.25) is 14.4 Å². The fraction of sp³-hybridized carbons (Fsp3) is 0.414. The van der Waals surface area contributed by atoms with E-state index in [1.165, 1.54) is 42.4 Å². The molecule has 2 aromatic heterocycles. The van der Waals surface area contributed by atoms with E-state index in [-0.39, 0.29) is 30.1 Å². The summed E-state index contributed by atoms with van der Waals surface area (Å²) in [6, 6.07) is 9.76. The van der Waals surface area contributed by atoms with Gasteiger partial charge < -0.3 is 15.7 Å². The molecule has 3 aromatic rings. The highest BCUT2D eigenvalue weighted by Gasteiger charge is 2.36. The van der Waals surface area contributed by atoms with Gasteiger partial charge in [0, 0.05) is 16.7 Å². The quantitative estimate of drug-likeness (QED) is 0.285. The van der Waals surface area contributed by atoms with Gasteiger partial charge in [-0.2, -0.15) is 0 Å². The number of para-hydroxylation sites is 1. The van der Waals surface area contributed by atoms with Crippen LogP contribution < -0.4 is 10.6 Å². The van der Waals surface area contributed by atoms with Crippen molar-refractivity contribution in [2.75, 3.05) is 13.1 Å². The molecule has 0 bridgehead atoms. The third-order valence-corrected chi connectivity index (χ3v) is 9.95. The summed E-state index contributed by atoms with van der Waals surface area (Å²) in [4.78, 5) is 56.3. The predicted molar refractivity (Wildman–Crippen MR) is 154 cm³/mol. The number of Topliss-reactive ketones (excluding diaryl/α,β-unsaturated/α-hetero) is 2. The van der Waals surface area contributed by atoms with Crippen LogP contribution in [0.2, 0.25) is 0 Å². The Bertz CT molecular complexity index is 1420. The van der Waals surface area contributed by atoms with Gasteiger partial charge in [0.25, 0.3) is 5.91 Å². The zero-order valence-corrected chi connectivity index (χ0v) is 23.3. The van der Waals surface area contributed by atoms with Crippen molar-refractivity contribution in [2.45, 2.75) is 57.4 Å². The van der Waals surface area contributed by atoms with Crippen LogP contribution in [0.5, 0.6) is 0 Å². The Labute approximate surface area is 234 Å². The van der Waals surface area contributed by atoms with Crippen molar-refractivity contribution in [3.63, 3.8) is 0 Å². The summed E-state index contributed by atoms with van der Waals surface area (Å²) in [7, 11) is 0. The summed E-state index contributed by atoms with van der Waals surface area (Å²) in [5.74, 6) is -2.40. The summed E-state index contributed by atoms with van der Waals surface area (Å²) in [5.41, 5.74) is 1.14. The number of amides is 1. The largest absolute Gasteiger partial charge is 0.480 e. The second-order valence-electron chi connectivity index (χ2n) is 10.2. The van der Waals surface area contributed by atoms with Crippen LogP contribution in [0.1, 0.15) is 65.1 Å². The second kappa shape index (κ2) is 11.9. The number of carboxylic acid groups (broad SMARTS) is 1. The molecule has 1 aromatic carbocycles. The first kappa shape index (κ1) is 27.4. The lowest BCUT2D eigenvalue weighted by Gasteiger charge is -2.22. The van der Waals surface area contributed by atoms with Gasteiger partial charge in [0.05, 0.1) is 20.5 Å². The van der Waals surface area contributed by atoms with Crippen molar-refractivity contribution >= 4 is 66.9 Å². The second-order valence-corrected chi connectivity index (χ2v) is 12.7. The number of hydrogen-bond donors (Lipinski definition) is 3. The molecular weight excluding hydrogens is 534 g/mol. The number of nitrogens with zero attached hydrogens (tertiary/aromatic N) is 1. The van der Waals surface area contributed by atoms with Crippen LogP contribution in [0.3, 0.4) is 0 Å². The number of fused-ring (bicyclic) bond motifs is 2. The SMILES string of the molecule is CC(=O)C1C(C(=O)NC(CCC(=O)c2cc3cc(CCC4CCNCC4)sc3s2)C(=O)O)=Nc2ccccc21. The van der Waals surface area contributed by atoms with E-state index in [4.69, 9.17) is 0 Å². The van der Waals surface area contributed by atoms with Crippen molar-refractivity contribution in [2.24, 2.45) is 10.9 Å². The number of thiophene rings is 2. The predicted octanol–water partition coefficient (Wildman–Crippen LogP) is 4.89. The number of piperidine rings is 1. The number of aliphatic carboxylic acids is 1. The van der Waals surface area contributed by atoms with Crippen LogP contribution >= 0.6 is 22.7 Å². The number of aryl methyl sites for hydroxylation is 1. The Morgan fingerprint density at radius 2 is 1.90 bits per heavy atom. The Morgan fingerprint density at radius 1 is 1.13 bits per heavy atom. The summed E-state index contributed by atoms with van der Waals surface area (Å²) in [6.07, 6.45) is 4.63. The van der Waals surface area contributed by atoms with E-state index in [0.29, 0.717) is 16.1 Å². The summed E-state index contributed by atoms with van der Waals surface area (Å²) < 4.78 is 1.11. The molecular formula is C29H31N3O5S2. The van der Waals surface area contributed by atoms with E-state index >= 15 is 0 Å². The maximum absolute atomic E-state index is 13.0. The average molecular weight is 566 g/mol. The smallest absolute Gasteiger partial charge is 0.326 e. The minimum atomic E-state index is -1.27. The Morgan fingerprint density at radius 3 is 2.62 bits per heavy atom. The molecule has 1 saturated heterocycles. The lowest BCUT2D eigenvalue weighted by Crippen LogP contribution is -2.45. The Balaban J connectivity index is 1.18. The molecule has 5 rings (SSSR count). The molecule has 2 aliphatic rings.